The first-order valence-electron chi connectivity index (χ1n) is 4.09. The third kappa shape index (κ3) is 2.94. The molecule has 0 aliphatic heterocycles. The van der Waals surface area contributed by atoms with E-state index < -0.39 is 5.97 Å². The van der Waals surface area contributed by atoms with Gasteiger partial charge in [-0.25, -0.2) is 14.8 Å². The highest BCUT2D eigenvalue weighted by molar-refractivity contribution is 5.86. The van der Waals surface area contributed by atoms with Crippen molar-refractivity contribution < 1.29 is 19.7 Å². The number of aliphatic hydroxyl groups excluding tert-OH is 1. The number of hydrogen-bond donors (Lipinski definition) is 2. The highest BCUT2D eigenvalue weighted by Gasteiger charge is 2.09. The zero-order valence-electron chi connectivity index (χ0n) is 8.04. The Hall–Kier alpha value is -2.11. The molecule has 1 heterocycles. The van der Waals surface area contributed by atoms with Crippen molar-refractivity contribution in [3.63, 3.8) is 0 Å². The standard InChI is InChI=1S/C9H10N2O4/c1-15-9-10-3-6(4-11-9)2-7(5-12)8(13)14/h3-5,12H,2H2,1H3,(H,13,14)/b7-5+. The first-order chi connectivity index (χ1) is 7.17. The summed E-state index contributed by atoms with van der Waals surface area (Å²) in [4.78, 5) is 18.2. The normalized spacial score (nSPS) is 11.1. The van der Waals surface area contributed by atoms with Gasteiger partial charge in [-0.1, -0.05) is 0 Å². The van der Waals surface area contributed by atoms with Crippen LogP contribution >= 0.6 is 0 Å². The lowest BCUT2D eigenvalue weighted by atomic mass is 10.1. The zero-order valence-corrected chi connectivity index (χ0v) is 8.04. The van der Waals surface area contributed by atoms with E-state index in [1.54, 1.807) is 0 Å². The molecule has 6 nitrogen and oxygen atoms in total. The van der Waals surface area contributed by atoms with E-state index in [-0.39, 0.29) is 18.0 Å². The monoisotopic (exact) mass is 210 g/mol. The molecule has 1 aromatic heterocycles. The third-order valence-electron chi connectivity index (χ3n) is 1.69. The van der Waals surface area contributed by atoms with E-state index >= 15 is 0 Å². The van der Waals surface area contributed by atoms with Gasteiger partial charge in [0, 0.05) is 18.8 Å². The van der Waals surface area contributed by atoms with Gasteiger partial charge in [0.2, 0.25) is 0 Å². The summed E-state index contributed by atoms with van der Waals surface area (Å²) in [5, 5.41) is 17.3. The summed E-state index contributed by atoms with van der Waals surface area (Å²) < 4.78 is 4.75. The number of carboxylic acid groups (broad SMARTS) is 1. The van der Waals surface area contributed by atoms with Crippen molar-refractivity contribution in [1.82, 2.24) is 9.97 Å². The van der Waals surface area contributed by atoms with Crippen LogP contribution in [0.5, 0.6) is 6.01 Å². The molecule has 0 spiro atoms. The van der Waals surface area contributed by atoms with Crippen molar-refractivity contribution in [3.05, 3.63) is 29.8 Å². The van der Waals surface area contributed by atoms with E-state index in [1.807, 2.05) is 0 Å². The Morgan fingerprint density at radius 3 is 2.53 bits per heavy atom. The molecule has 1 aromatic rings. The molecular formula is C9H10N2O4. The highest BCUT2D eigenvalue weighted by atomic mass is 16.5. The maximum absolute atomic E-state index is 10.6. The van der Waals surface area contributed by atoms with Gasteiger partial charge in [-0.2, -0.15) is 0 Å². The van der Waals surface area contributed by atoms with Crippen molar-refractivity contribution in [1.29, 1.82) is 0 Å². The van der Waals surface area contributed by atoms with Crippen molar-refractivity contribution in [2.75, 3.05) is 7.11 Å². The lowest BCUT2D eigenvalue weighted by Crippen LogP contribution is -2.04. The number of nitrogens with zero attached hydrogens (tertiary/aromatic N) is 2. The van der Waals surface area contributed by atoms with Crippen LogP contribution in [0.1, 0.15) is 5.56 Å². The Balaban J connectivity index is 2.76. The molecule has 6 heteroatoms. The zero-order chi connectivity index (χ0) is 11.3. The maximum Gasteiger partial charge on any atom is 0.335 e. The van der Waals surface area contributed by atoms with Crippen LogP contribution in [0, 0.1) is 0 Å². The molecule has 0 radical (unpaired) electrons. The minimum absolute atomic E-state index is 0.0653. The average Bonchev–Trinajstić information content (AvgIpc) is 2.26. The van der Waals surface area contributed by atoms with E-state index in [0.29, 0.717) is 11.8 Å². The molecular weight excluding hydrogens is 200 g/mol. The molecule has 0 amide bonds. The summed E-state index contributed by atoms with van der Waals surface area (Å²) in [7, 11) is 1.44. The summed E-state index contributed by atoms with van der Waals surface area (Å²) in [5.74, 6) is -1.17. The number of hydrogen-bond acceptors (Lipinski definition) is 5. The Bertz CT molecular complexity index is 372. The number of aliphatic carboxylic acids is 1. The summed E-state index contributed by atoms with van der Waals surface area (Å²) in [6, 6.07) is 0.212. The molecule has 0 fully saturated rings. The van der Waals surface area contributed by atoms with Crippen LogP contribution in [0.2, 0.25) is 0 Å². The molecule has 0 unspecified atom stereocenters. The van der Waals surface area contributed by atoms with Gasteiger partial charge in [0.25, 0.3) is 0 Å². The fourth-order valence-corrected chi connectivity index (χ4v) is 0.936. The first kappa shape index (κ1) is 11.0. The van der Waals surface area contributed by atoms with Gasteiger partial charge < -0.3 is 14.9 Å². The number of carboxylic acids is 1. The largest absolute Gasteiger partial charge is 0.515 e. The smallest absolute Gasteiger partial charge is 0.335 e. The first-order valence-corrected chi connectivity index (χ1v) is 4.09. The molecule has 0 bridgehead atoms. The number of methoxy groups -OCH3 is 1. The Kier molecular flexibility index (Phi) is 3.61. The van der Waals surface area contributed by atoms with Crippen LogP contribution in [0.25, 0.3) is 0 Å². The van der Waals surface area contributed by atoms with E-state index in [4.69, 9.17) is 14.9 Å². The van der Waals surface area contributed by atoms with Crippen molar-refractivity contribution in [2.45, 2.75) is 6.42 Å². The van der Waals surface area contributed by atoms with Gasteiger partial charge in [0.15, 0.2) is 0 Å². The summed E-state index contributed by atoms with van der Waals surface area (Å²) in [5.41, 5.74) is 0.460. The quantitative estimate of drug-likeness (QED) is 0.557. The van der Waals surface area contributed by atoms with Crippen molar-refractivity contribution in [2.24, 2.45) is 0 Å². The lowest BCUT2D eigenvalue weighted by molar-refractivity contribution is -0.132. The van der Waals surface area contributed by atoms with Gasteiger partial charge in [0.1, 0.15) is 0 Å². The van der Waals surface area contributed by atoms with Gasteiger partial charge in [-0.05, 0) is 5.56 Å². The predicted octanol–water partition coefficient (Wildman–Crippen LogP) is 0.554. The summed E-state index contributed by atoms with van der Waals surface area (Å²) in [6.07, 6.45) is 3.51. The SMILES string of the molecule is COc1ncc(C/C(=C\O)C(=O)O)cn1. The second-order valence-corrected chi connectivity index (χ2v) is 2.71. The van der Waals surface area contributed by atoms with Crippen LogP contribution in [0.3, 0.4) is 0 Å². The minimum atomic E-state index is -1.17. The van der Waals surface area contributed by atoms with Gasteiger partial charge in [-0.15, -0.1) is 0 Å². The highest BCUT2D eigenvalue weighted by Crippen LogP contribution is 2.08. The Morgan fingerprint density at radius 2 is 2.13 bits per heavy atom. The number of rotatable bonds is 4. The molecule has 15 heavy (non-hydrogen) atoms. The number of aromatic nitrogens is 2. The number of carbonyl (C=O) groups is 1. The van der Waals surface area contributed by atoms with E-state index in [9.17, 15) is 4.79 Å². The fraction of sp³-hybridized carbons (Fsp3) is 0.222. The van der Waals surface area contributed by atoms with Crippen LogP contribution in [-0.2, 0) is 11.2 Å². The van der Waals surface area contributed by atoms with Crippen LogP contribution in [0.4, 0.5) is 0 Å². The van der Waals surface area contributed by atoms with Gasteiger partial charge in [-0.3, -0.25) is 0 Å². The molecule has 0 atom stereocenters. The van der Waals surface area contributed by atoms with E-state index in [0.717, 1.165) is 0 Å². The second kappa shape index (κ2) is 4.94. The maximum atomic E-state index is 10.6. The summed E-state index contributed by atoms with van der Waals surface area (Å²) >= 11 is 0. The Morgan fingerprint density at radius 1 is 1.53 bits per heavy atom. The molecule has 0 saturated carbocycles. The van der Waals surface area contributed by atoms with Gasteiger partial charge >= 0.3 is 12.0 Å². The third-order valence-corrected chi connectivity index (χ3v) is 1.69. The predicted molar refractivity (Wildman–Crippen MR) is 50.6 cm³/mol. The number of ether oxygens (including phenoxy) is 1. The molecule has 0 aliphatic carbocycles. The summed E-state index contributed by atoms with van der Waals surface area (Å²) in [6.45, 7) is 0. The Labute approximate surface area is 85.9 Å². The van der Waals surface area contributed by atoms with Crippen LogP contribution < -0.4 is 4.74 Å². The number of aliphatic hydroxyl groups is 1. The average molecular weight is 210 g/mol. The van der Waals surface area contributed by atoms with Crippen molar-refractivity contribution >= 4 is 5.97 Å². The lowest BCUT2D eigenvalue weighted by Gasteiger charge is -2.01. The van der Waals surface area contributed by atoms with Crippen molar-refractivity contribution in [3.8, 4) is 6.01 Å². The molecule has 1 rings (SSSR count). The van der Waals surface area contributed by atoms with E-state index in [2.05, 4.69) is 9.97 Å². The molecule has 0 aromatic carbocycles. The molecule has 0 saturated heterocycles. The van der Waals surface area contributed by atoms with Gasteiger partial charge in [0.05, 0.1) is 18.9 Å². The fourth-order valence-electron chi connectivity index (χ4n) is 0.936. The topological polar surface area (TPSA) is 92.5 Å². The molecule has 80 valence electrons. The molecule has 2 N–H and O–H groups in total. The van der Waals surface area contributed by atoms with E-state index in [1.165, 1.54) is 19.5 Å². The second-order valence-electron chi connectivity index (χ2n) is 2.71. The van der Waals surface area contributed by atoms with Crippen LogP contribution in [0.15, 0.2) is 24.2 Å². The van der Waals surface area contributed by atoms with Crippen LogP contribution in [-0.4, -0.2) is 33.3 Å². The molecule has 0 aliphatic rings. The minimum Gasteiger partial charge on any atom is -0.515 e.